The molecule has 0 heterocycles. The van der Waals surface area contributed by atoms with Gasteiger partial charge in [0.1, 0.15) is 5.75 Å². The number of para-hydroxylation sites is 1. The summed E-state index contributed by atoms with van der Waals surface area (Å²) in [6.07, 6.45) is 2.09. The molecule has 1 saturated carbocycles. The Balaban J connectivity index is 1.98. The van der Waals surface area contributed by atoms with Crippen molar-refractivity contribution in [3.63, 3.8) is 0 Å². The minimum Gasteiger partial charge on any atom is -0.489 e. The van der Waals surface area contributed by atoms with Gasteiger partial charge in [0.2, 0.25) is 0 Å². The summed E-state index contributed by atoms with van der Waals surface area (Å²) in [5, 5.41) is 13.0. The normalized spacial score (nSPS) is 16.7. The molecule has 0 saturated heterocycles. The second-order valence-electron chi connectivity index (χ2n) is 5.17. The van der Waals surface area contributed by atoms with Crippen molar-refractivity contribution in [3.05, 3.63) is 18.2 Å². The number of benzene rings is 1. The maximum Gasteiger partial charge on any atom is 0.144 e. The van der Waals surface area contributed by atoms with E-state index in [1.807, 2.05) is 32.0 Å². The van der Waals surface area contributed by atoms with Crippen molar-refractivity contribution in [1.82, 2.24) is 0 Å². The van der Waals surface area contributed by atoms with Crippen LogP contribution in [0, 0.1) is 5.92 Å². The van der Waals surface area contributed by atoms with Gasteiger partial charge in [0.05, 0.1) is 23.6 Å². The Kier molecular flexibility index (Phi) is 3.97. The Morgan fingerprint density at radius 2 is 2.17 bits per heavy atom. The van der Waals surface area contributed by atoms with Crippen molar-refractivity contribution in [1.29, 1.82) is 0 Å². The first-order chi connectivity index (χ1) is 8.58. The molecule has 1 atom stereocenters. The van der Waals surface area contributed by atoms with Gasteiger partial charge in [0, 0.05) is 6.54 Å². The Morgan fingerprint density at radius 3 is 2.78 bits per heavy atom. The van der Waals surface area contributed by atoms with E-state index >= 15 is 0 Å². The second kappa shape index (κ2) is 5.48. The van der Waals surface area contributed by atoms with E-state index < -0.39 is 0 Å². The summed E-state index contributed by atoms with van der Waals surface area (Å²) in [6, 6.07) is 5.67. The molecule has 1 aliphatic carbocycles. The third kappa shape index (κ3) is 3.29. The topological polar surface area (TPSA) is 67.5 Å². The van der Waals surface area contributed by atoms with Crippen molar-refractivity contribution in [2.45, 2.75) is 38.9 Å². The highest BCUT2D eigenvalue weighted by atomic mass is 16.5. The average Bonchev–Trinajstić information content (AvgIpc) is 3.13. The first-order valence-corrected chi connectivity index (χ1v) is 6.55. The van der Waals surface area contributed by atoms with Crippen LogP contribution in [0.2, 0.25) is 0 Å². The van der Waals surface area contributed by atoms with Crippen LogP contribution in [-0.4, -0.2) is 23.9 Å². The zero-order valence-electron chi connectivity index (χ0n) is 11.0. The predicted octanol–water partition coefficient (Wildman–Crippen LogP) is 2.24. The van der Waals surface area contributed by atoms with Gasteiger partial charge < -0.3 is 20.9 Å². The van der Waals surface area contributed by atoms with E-state index in [-0.39, 0.29) is 12.2 Å². The molecule has 1 fully saturated rings. The number of rotatable bonds is 6. The van der Waals surface area contributed by atoms with Crippen LogP contribution in [0.4, 0.5) is 11.4 Å². The van der Waals surface area contributed by atoms with Gasteiger partial charge in [-0.2, -0.15) is 0 Å². The van der Waals surface area contributed by atoms with E-state index in [4.69, 9.17) is 10.5 Å². The number of aliphatic hydroxyl groups excluding tert-OH is 1. The van der Waals surface area contributed by atoms with Crippen molar-refractivity contribution in [2.75, 3.05) is 17.6 Å². The van der Waals surface area contributed by atoms with E-state index in [0.717, 1.165) is 18.5 Å². The third-order valence-corrected chi connectivity index (χ3v) is 3.10. The molecule has 1 aliphatic rings. The van der Waals surface area contributed by atoms with Crippen LogP contribution in [-0.2, 0) is 0 Å². The summed E-state index contributed by atoms with van der Waals surface area (Å²) in [5.41, 5.74) is 7.47. The highest BCUT2D eigenvalue weighted by molar-refractivity contribution is 5.72. The zero-order valence-corrected chi connectivity index (χ0v) is 11.0. The number of hydrogen-bond acceptors (Lipinski definition) is 4. The van der Waals surface area contributed by atoms with E-state index in [1.54, 1.807) is 0 Å². The fourth-order valence-corrected chi connectivity index (χ4v) is 1.92. The molecule has 4 heteroatoms. The highest BCUT2D eigenvalue weighted by Gasteiger charge is 2.29. The molecule has 100 valence electrons. The fraction of sp³-hybridized carbons (Fsp3) is 0.571. The van der Waals surface area contributed by atoms with Gasteiger partial charge in [0.15, 0.2) is 0 Å². The molecule has 1 aromatic rings. The molecule has 4 nitrogen and oxygen atoms in total. The molecule has 0 amide bonds. The first-order valence-electron chi connectivity index (χ1n) is 6.55. The SMILES string of the molecule is CC(C)Oc1cccc(NCC(O)C2CC2)c1N. The molecule has 0 spiro atoms. The lowest BCUT2D eigenvalue weighted by Crippen LogP contribution is -2.22. The zero-order chi connectivity index (χ0) is 13.1. The molecule has 1 aromatic carbocycles. The van der Waals surface area contributed by atoms with Crippen LogP contribution in [0.25, 0.3) is 0 Å². The monoisotopic (exact) mass is 250 g/mol. The Bertz CT molecular complexity index is 403. The van der Waals surface area contributed by atoms with Crippen molar-refractivity contribution < 1.29 is 9.84 Å². The molecular weight excluding hydrogens is 228 g/mol. The van der Waals surface area contributed by atoms with Gasteiger partial charge in [-0.05, 0) is 44.7 Å². The largest absolute Gasteiger partial charge is 0.489 e. The van der Waals surface area contributed by atoms with Crippen molar-refractivity contribution in [2.24, 2.45) is 5.92 Å². The second-order valence-corrected chi connectivity index (χ2v) is 5.17. The number of hydrogen-bond donors (Lipinski definition) is 3. The summed E-state index contributed by atoms with van der Waals surface area (Å²) in [5.74, 6) is 1.16. The van der Waals surface area contributed by atoms with E-state index in [2.05, 4.69) is 5.32 Å². The van der Waals surface area contributed by atoms with Crippen molar-refractivity contribution in [3.8, 4) is 5.75 Å². The fourth-order valence-electron chi connectivity index (χ4n) is 1.92. The Morgan fingerprint density at radius 1 is 1.44 bits per heavy atom. The van der Waals surface area contributed by atoms with Crippen LogP contribution in [0.3, 0.4) is 0 Å². The lowest BCUT2D eigenvalue weighted by molar-refractivity contribution is 0.164. The van der Waals surface area contributed by atoms with Gasteiger partial charge in [-0.3, -0.25) is 0 Å². The molecule has 0 radical (unpaired) electrons. The number of anilines is 2. The minimum absolute atomic E-state index is 0.0969. The quantitative estimate of drug-likeness (QED) is 0.677. The molecule has 1 unspecified atom stereocenters. The van der Waals surface area contributed by atoms with Crippen LogP contribution < -0.4 is 15.8 Å². The van der Waals surface area contributed by atoms with Gasteiger partial charge in [0.25, 0.3) is 0 Å². The standard InChI is InChI=1S/C14H22N2O2/c1-9(2)18-13-5-3-4-11(14(13)15)16-8-12(17)10-6-7-10/h3-5,9-10,12,16-17H,6-8,15H2,1-2H3. The molecule has 0 aliphatic heterocycles. The summed E-state index contributed by atoms with van der Waals surface area (Å²) in [7, 11) is 0. The van der Waals surface area contributed by atoms with Crippen LogP contribution >= 0.6 is 0 Å². The lowest BCUT2D eigenvalue weighted by atomic mass is 10.2. The minimum atomic E-state index is -0.279. The number of nitrogen functional groups attached to an aromatic ring is 1. The first kappa shape index (κ1) is 13.0. The molecule has 4 N–H and O–H groups in total. The average molecular weight is 250 g/mol. The van der Waals surface area contributed by atoms with Crippen LogP contribution in [0.1, 0.15) is 26.7 Å². The smallest absolute Gasteiger partial charge is 0.144 e. The number of nitrogens with two attached hydrogens (primary N) is 1. The van der Waals surface area contributed by atoms with E-state index in [0.29, 0.717) is 23.9 Å². The third-order valence-electron chi connectivity index (χ3n) is 3.10. The van der Waals surface area contributed by atoms with Crippen molar-refractivity contribution >= 4 is 11.4 Å². The van der Waals surface area contributed by atoms with Crippen LogP contribution in [0.5, 0.6) is 5.75 Å². The summed E-state index contributed by atoms with van der Waals surface area (Å²) in [4.78, 5) is 0. The number of nitrogens with one attached hydrogen (secondary N) is 1. The number of aliphatic hydroxyl groups is 1. The molecule has 0 aromatic heterocycles. The predicted molar refractivity (Wildman–Crippen MR) is 73.8 cm³/mol. The van der Waals surface area contributed by atoms with Gasteiger partial charge in [-0.15, -0.1) is 0 Å². The number of ether oxygens (including phenoxy) is 1. The highest BCUT2D eigenvalue weighted by Crippen LogP contribution is 2.34. The van der Waals surface area contributed by atoms with E-state index in [1.165, 1.54) is 0 Å². The molecule has 0 bridgehead atoms. The van der Waals surface area contributed by atoms with E-state index in [9.17, 15) is 5.11 Å². The molecule has 2 rings (SSSR count). The van der Waals surface area contributed by atoms with Gasteiger partial charge >= 0.3 is 0 Å². The Labute approximate surface area is 108 Å². The van der Waals surface area contributed by atoms with Crippen LogP contribution in [0.15, 0.2) is 18.2 Å². The Hall–Kier alpha value is -1.42. The maximum atomic E-state index is 9.82. The summed E-state index contributed by atoms with van der Waals surface area (Å²) in [6.45, 7) is 4.48. The van der Waals surface area contributed by atoms with Gasteiger partial charge in [-0.25, -0.2) is 0 Å². The molecule has 18 heavy (non-hydrogen) atoms. The summed E-state index contributed by atoms with van der Waals surface area (Å²) >= 11 is 0. The maximum absolute atomic E-state index is 9.82. The lowest BCUT2D eigenvalue weighted by Gasteiger charge is -2.17. The summed E-state index contributed by atoms with van der Waals surface area (Å²) < 4.78 is 5.62. The molecular formula is C14H22N2O2. The van der Waals surface area contributed by atoms with Gasteiger partial charge in [-0.1, -0.05) is 6.07 Å².